The number of ether oxygens (including phenoxy) is 3. The monoisotopic (exact) mass is 422 g/mol. The summed E-state index contributed by atoms with van der Waals surface area (Å²) in [5.41, 5.74) is -2.99. The Hall–Kier alpha value is -1.48. The second-order valence-corrected chi connectivity index (χ2v) is 6.11. The number of carbonyl (C=O) groups is 3. The molecule has 13 nitrogen and oxygen atoms in total. The molecule has 14 heteroatoms. The Balaban J connectivity index is 2.61. The van der Waals surface area contributed by atoms with Gasteiger partial charge in [-0.2, -0.15) is 0 Å². The first kappa shape index (κ1) is 20.8. The Bertz CT molecular complexity index is 666. The van der Waals surface area contributed by atoms with E-state index in [4.69, 9.17) is 5.11 Å². The van der Waals surface area contributed by atoms with E-state index < -0.39 is 71.0 Å². The number of hydrogen-bond donors (Lipinski definition) is 7. The third-order valence-electron chi connectivity index (χ3n) is 3.75. The van der Waals surface area contributed by atoms with Gasteiger partial charge in [-0.1, -0.05) is 0 Å². The molecule has 0 aromatic heterocycles. The van der Waals surface area contributed by atoms with Crippen LogP contribution in [-0.2, 0) is 44.2 Å². The first-order valence-electron chi connectivity index (χ1n) is 6.85. The summed E-state index contributed by atoms with van der Waals surface area (Å²) in [7, 11) is 0. The fourth-order valence-corrected chi connectivity index (χ4v) is 2.50. The van der Waals surface area contributed by atoms with Crippen molar-refractivity contribution in [3.63, 3.8) is 0 Å². The third-order valence-corrected chi connectivity index (χ3v) is 4.44. The average Bonchev–Trinajstić information content (AvgIpc) is 2.61. The average molecular weight is 422 g/mol. The van der Waals surface area contributed by atoms with Crippen LogP contribution in [0.5, 0.6) is 0 Å². The van der Waals surface area contributed by atoms with Crippen molar-refractivity contribution in [1.82, 2.24) is 0 Å². The molecule has 2 bridgehead atoms. The third kappa shape index (κ3) is 2.94. The van der Waals surface area contributed by atoms with E-state index in [2.05, 4.69) is 29.8 Å². The first-order valence-corrected chi connectivity index (χ1v) is 7.40. The summed E-state index contributed by atoms with van der Waals surface area (Å²) in [6.45, 7) is -1.14. The number of aliphatic hydroxyl groups excluding tert-OH is 4. The predicted octanol–water partition coefficient (Wildman–Crippen LogP) is -6.11. The van der Waals surface area contributed by atoms with Gasteiger partial charge < -0.3 is 0 Å². The van der Waals surface area contributed by atoms with Crippen LogP contribution in [0.4, 0.5) is 0 Å². The van der Waals surface area contributed by atoms with Gasteiger partial charge >= 0.3 is 151 Å². The molecule has 0 aromatic carbocycles. The van der Waals surface area contributed by atoms with E-state index in [0.717, 1.165) is 0 Å². The minimum absolute atomic E-state index is 1.04. The number of fused-ring (bicyclic) bond motifs is 3. The van der Waals surface area contributed by atoms with E-state index in [0.29, 0.717) is 0 Å². The molecule has 2 rings (SSSR count). The van der Waals surface area contributed by atoms with Crippen LogP contribution < -0.4 is 0 Å². The summed E-state index contributed by atoms with van der Waals surface area (Å²) < 4.78 is 12.0. The van der Waals surface area contributed by atoms with Crippen molar-refractivity contribution in [1.29, 1.82) is 0 Å². The Morgan fingerprint density at radius 3 is 2.15 bits per heavy atom. The van der Waals surface area contributed by atoms with Crippen molar-refractivity contribution >= 4 is 22.3 Å². The molecule has 2 aliphatic heterocycles. The molecule has 0 aliphatic carbocycles. The normalized spacial score (nSPS) is 38.3. The fourth-order valence-electron chi connectivity index (χ4n) is 2.23. The standard InChI is InChI=1S/C12H14O13.Fe/c13-3-4(14)7(17)8(18)11(21)12(22)24-6(16)2-10(20,9(19)25-12)1-5(15)23-11;/h4,7-8,13-14,17-18,20-22H,1,3H2;/q;+1/t4-,7+,8+,10?,11+,12?;/m0./s1. The molecule has 6 atom stereocenters. The number of esters is 3. The molecule has 147 valence electrons. The van der Waals surface area contributed by atoms with E-state index in [9.17, 15) is 45.0 Å². The quantitative estimate of drug-likeness (QED) is 0.166. The van der Waals surface area contributed by atoms with E-state index in [-0.39, 0.29) is 0 Å². The van der Waals surface area contributed by atoms with Crippen molar-refractivity contribution in [2.24, 2.45) is 0 Å². The summed E-state index contributed by atoms with van der Waals surface area (Å²) in [5, 5.41) is 68.9. The molecule has 2 aliphatic rings. The van der Waals surface area contributed by atoms with Gasteiger partial charge in [-0.15, -0.1) is 0 Å². The van der Waals surface area contributed by atoms with Crippen LogP contribution in [0.2, 0.25) is 0 Å². The van der Waals surface area contributed by atoms with Crippen LogP contribution in [0.1, 0.15) is 6.42 Å². The summed E-state index contributed by atoms with van der Waals surface area (Å²) in [4.78, 5) is 35.9. The summed E-state index contributed by atoms with van der Waals surface area (Å²) in [6.07, 6.45) is -8.80. The van der Waals surface area contributed by atoms with Crippen LogP contribution in [0.3, 0.4) is 0 Å². The molecule has 2 saturated heterocycles. The van der Waals surface area contributed by atoms with Gasteiger partial charge in [0.15, 0.2) is 0 Å². The molecule has 0 spiro atoms. The van der Waals surface area contributed by atoms with Crippen LogP contribution in [0.25, 0.3) is 0 Å². The van der Waals surface area contributed by atoms with Gasteiger partial charge in [0.25, 0.3) is 0 Å². The molecule has 0 amide bonds. The number of carbonyl (C=O) groups excluding carboxylic acids is 3. The van der Waals surface area contributed by atoms with Gasteiger partial charge in [0.05, 0.1) is 0 Å². The second-order valence-electron chi connectivity index (χ2n) is 5.56. The van der Waals surface area contributed by atoms with Crippen molar-refractivity contribution < 1.29 is 79.9 Å². The zero-order valence-corrected chi connectivity index (χ0v) is 13.7. The van der Waals surface area contributed by atoms with Crippen molar-refractivity contribution in [3.8, 4) is 0 Å². The van der Waals surface area contributed by atoms with Gasteiger partial charge in [0.1, 0.15) is 0 Å². The number of rotatable bonds is 4. The first-order chi connectivity index (χ1) is 11.8. The molecule has 2 unspecified atom stereocenters. The molecule has 0 saturated carbocycles. The number of cyclic esters (lactones) is 1. The van der Waals surface area contributed by atoms with Gasteiger partial charge in [-0.05, 0) is 0 Å². The SMILES string of the molecule is O=C1CC2(O)C(=O)OC(O)(OC(=O)[C]2=[Fe+])[C@@](O)([C@H](O)[C@H](O)[C@@H](O)CO)O1. The zero-order chi connectivity index (χ0) is 20.1. The van der Waals surface area contributed by atoms with Gasteiger partial charge in [0.2, 0.25) is 0 Å². The van der Waals surface area contributed by atoms with Crippen LogP contribution in [-0.4, -0.2) is 100 Å². The van der Waals surface area contributed by atoms with Gasteiger partial charge in [0, 0.05) is 0 Å². The van der Waals surface area contributed by atoms with Gasteiger partial charge in [-0.25, -0.2) is 0 Å². The Morgan fingerprint density at radius 1 is 1.04 bits per heavy atom. The zero-order valence-electron chi connectivity index (χ0n) is 12.6. The molecule has 2 heterocycles. The van der Waals surface area contributed by atoms with Crippen LogP contribution in [0.15, 0.2) is 0 Å². The maximum atomic E-state index is 12.1. The fraction of sp³-hybridized carbons (Fsp3) is 0.667. The summed E-state index contributed by atoms with van der Waals surface area (Å²) >= 11 is 3.06. The minimum atomic E-state index is -3.94. The molecule has 0 aromatic rings. The van der Waals surface area contributed by atoms with E-state index in [1.807, 2.05) is 0 Å². The maximum absolute atomic E-state index is 12.1. The molecular formula is C12H14FeO13+. The molecule has 0 radical (unpaired) electrons. The van der Waals surface area contributed by atoms with Crippen molar-refractivity contribution in [2.75, 3.05) is 6.61 Å². The van der Waals surface area contributed by atoms with E-state index in [1.54, 1.807) is 0 Å². The predicted molar refractivity (Wildman–Crippen MR) is 67.9 cm³/mol. The van der Waals surface area contributed by atoms with Crippen LogP contribution >= 0.6 is 0 Å². The second kappa shape index (κ2) is 6.60. The Morgan fingerprint density at radius 2 is 1.62 bits per heavy atom. The molecule has 7 N–H and O–H groups in total. The topological polar surface area (TPSA) is 221 Å². The van der Waals surface area contributed by atoms with Crippen LogP contribution in [0, 0.1) is 0 Å². The van der Waals surface area contributed by atoms with E-state index in [1.165, 1.54) is 0 Å². The number of aliphatic hydroxyl groups is 7. The summed E-state index contributed by atoms with van der Waals surface area (Å²) in [5.74, 6) is -13.0. The van der Waals surface area contributed by atoms with Gasteiger partial charge in [-0.3, -0.25) is 0 Å². The molecular weight excluding hydrogens is 408 g/mol. The van der Waals surface area contributed by atoms with E-state index >= 15 is 0 Å². The molecule has 26 heavy (non-hydrogen) atoms. The summed E-state index contributed by atoms with van der Waals surface area (Å²) in [6, 6.07) is 0. The Kier molecular flexibility index (Phi) is 5.28. The van der Waals surface area contributed by atoms with Crippen molar-refractivity contribution in [3.05, 3.63) is 0 Å². The Labute approximate surface area is 151 Å². The van der Waals surface area contributed by atoms with Crippen molar-refractivity contribution in [2.45, 2.75) is 42.1 Å². The number of hydrogen-bond acceptors (Lipinski definition) is 13. The molecule has 2 fully saturated rings.